The highest BCUT2D eigenvalue weighted by Crippen LogP contribution is 2.30. The molecule has 2 heterocycles. The molecule has 0 unspecified atom stereocenters. The molecule has 5 nitrogen and oxygen atoms in total. The lowest BCUT2D eigenvalue weighted by atomic mass is 10.2. The lowest BCUT2D eigenvalue weighted by Crippen LogP contribution is -2.30. The van der Waals surface area contributed by atoms with E-state index in [1.165, 1.54) is 12.1 Å². The number of anilines is 1. The molecule has 136 valence electrons. The summed E-state index contributed by atoms with van der Waals surface area (Å²) in [7, 11) is 0. The van der Waals surface area contributed by atoms with Crippen molar-refractivity contribution < 1.29 is 18.0 Å². The SMILES string of the molecule is O=C(NCCCn1ccc2cccnc21)Nc1cccc(C(F)(F)F)c1. The summed E-state index contributed by atoms with van der Waals surface area (Å²) in [6.07, 6.45) is -0.127. The van der Waals surface area contributed by atoms with Crippen LogP contribution in [0.4, 0.5) is 23.7 Å². The van der Waals surface area contributed by atoms with Crippen LogP contribution < -0.4 is 10.6 Å². The van der Waals surface area contributed by atoms with Crippen molar-refractivity contribution in [2.75, 3.05) is 11.9 Å². The van der Waals surface area contributed by atoms with Crippen molar-refractivity contribution >= 4 is 22.8 Å². The number of benzene rings is 1. The van der Waals surface area contributed by atoms with Crippen LogP contribution in [0.25, 0.3) is 11.0 Å². The third-order valence-electron chi connectivity index (χ3n) is 3.83. The molecule has 2 amide bonds. The van der Waals surface area contributed by atoms with Crippen molar-refractivity contribution in [3.63, 3.8) is 0 Å². The molecular formula is C18H17F3N4O. The molecule has 3 rings (SSSR count). The number of amides is 2. The fourth-order valence-electron chi connectivity index (χ4n) is 2.60. The molecule has 0 aliphatic heterocycles. The van der Waals surface area contributed by atoms with Gasteiger partial charge in [0, 0.05) is 36.6 Å². The fourth-order valence-corrected chi connectivity index (χ4v) is 2.60. The summed E-state index contributed by atoms with van der Waals surface area (Å²) in [5.74, 6) is 0. The van der Waals surface area contributed by atoms with Crippen molar-refractivity contribution in [1.82, 2.24) is 14.9 Å². The highest BCUT2D eigenvalue weighted by atomic mass is 19.4. The van der Waals surface area contributed by atoms with Crippen LogP contribution in [-0.4, -0.2) is 22.1 Å². The Balaban J connectivity index is 1.47. The summed E-state index contributed by atoms with van der Waals surface area (Å²) in [5.41, 5.74) is 0.168. The number of pyridine rings is 1. The third-order valence-corrected chi connectivity index (χ3v) is 3.83. The number of hydrogen-bond acceptors (Lipinski definition) is 2. The van der Waals surface area contributed by atoms with E-state index < -0.39 is 17.8 Å². The van der Waals surface area contributed by atoms with Gasteiger partial charge in [0.1, 0.15) is 5.65 Å². The Morgan fingerprint density at radius 2 is 2.00 bits per heavy atom. The van der Waals surface area contributed by atoms with E-state index in [9.17, 15) is 18.0 Å². The van der Waals surface area contributed by atoms with Crippen molar-refractivity contribution in [1.29, 1.82) is 0 Å². The Morgan fingerprint density at radius 3 is 2.81 bits per heavy atom. The minimum atomic E-state index is -4.44. The van der Waals surface area contributed by atoms with Crippen LogP contribution >= 0.6 is 0 Å². The van der Waals surface area contributed by atoms with Crippen LogP contribution in [0, 0.1) is 0 Å². The summed E-state index contributed by atoms with van der Waals surface area (Å²) in [5, 5.41) is 6.09. The standard InChI is InChI=1S/C18H17F3N4O/c19-18(20,21)14-5-1-6-15(12-14)24-17(26)23-9-3-10-25-11-7-13-4-2-8-22-16(13)25/h1-2,4-8,11-12H,3,9-10H2,(H2,23,24,26). The number of urea groups is 1. The average molecular weight is 362 g/mol. The second-order valence-corrected chi connectivity index (χ2v) is 5.74. The Kier molecular flexibility index (Phi) is 5.11. The van der Waals surface area contributed by atoms with Gasteiger partial charge in [0.05, 0.1) is 5.56 Å². The molecule has 8 heteroatoms. The number of halogens is 3. The van der Waals surface area contributed by atoms with E-state index in [0.29, 0.717) is 19.5 Å². The number of nitrogens with one attached hydrogen (secondary N) is 2. The van der Waals surface area contributed by atoms with Gasteiger partial charge < -0.3 is 15.2 Å². The summed E-state index contributed by atoms with van der Waals surface area (Å²) in [6, 6.07) is 9.78. The predicted molar refractivity (Wildman–Crippen MR) is 92.8 cm³/mol. The Morgan fingerprint density at radius 1 is 1.15 bits per heavy atom. The van der Waals surface area contributed by atoms with E-state index in [2.05, 4.69) is 15.6 Å². The largest absolute Gasteiger partial charge is 0.416 e. The Hall–Kier alpha value is -3.03. The zero-order valence-corrected chi connectivity index (χ0v) is 13.8. The molecule has 2 aromatic heterocycles. The number of carbonyl (C=O) groups excluding carboxylic acids is 1. The van der Waals surface area contributed by atoms with Crippen LogP contribution in [0.15, 0.2) is 54.9 Å². The minimum Gasteiger partial charge on any atom is -0.338 e. The van der Waals surface area contributed by atoms with Crippen LogP contribution in [0.3, 0.4) is 0 Å². The second kappa shape index (κ2) is 7.47. The zero-order chi connectivity index (χ0) is 18.6. The summed E-state index contributed by atoms with van der Waals surface area (Å²) >= 11 is 0. The summed E-state index contributed by atoms with van der Waals surface area (Å²) < 4.78 is 40.0. The normalized spacial score (nSPS) is 11.5. The molecule has 0 radical (unpaired) electrons. The molecule has 2 N–H and O–H groups in total. The van der Waals surface area contributed by atoms with Gasteiger partial charge in [-0.15, -0.1) is 0 Å². The van der Waals surface area contributed by atoms with Crippen molar-refractivity contribution in [3.8, 4) is 0 Å². The fraction of sp³-hybridized carbons (Fsp3) is 0.222. The van der Waals surface area contributed by atoms with Gasteiger partial charge in [0.25, 0.3) is 0 Å². The number of alkyl halides is 3. The molecule has 1 aromatic carbocycles. The van der Waals surface area contributed by atoms with E-state index in [1.54, 1.807) is 6.20 Å². The molecule has 3 aromatic rings. The average Bonchev–Trinajstić information content (AvgIpc) is 3.01. The smallest absolute Gasteiger partial charge is 0.338 e. The van der Waals surface area contributed by atoms with Gasteiger partial charge in [-0.3, -0.25) is 0 Å². The van der Waals surface area contributed by atoms with Gasteiger partial charge in [-0.1, -0.05) is 6.07 Å². The van der Waals surface area contributed by atoms with Gasteiger partial charge in [-0.25, -0.2) is 9.78 Å². The molecular weight excluding hydrogens is 345 g/mol. The molecule has 0 saturated heterocycles. The number of aryl methyl sites for hydroxylation is 1. The molecule has 0 atom stereocenters. The van der Waals surface area contributed by atoms with E-state index >= 15 is 0 Å². The predicted octanol–water partition coefficient (Wildman–Crippen LogP) is 4.27. The minimum absolute atomic E-state index is 0.0953. The molecule has 0 aliphatic carbocycles. The highest BCUT2D eigenvalue weighted by molar-refractivity contribution is 5.89. The van der Waals surface area contributed by atoms with Crippen molar-refractivity contribution in [2.24, 2.45) is 0 Å². The number of rotatable bonds is 5. The first-order valence-corrected chi connectivity index (χ1v) is 8.05. The second-order valence-electron chi connectivity index (χ2n) is 5.74. The third kappa shape index (κ3) is 4.33. The van der Waals surface area contributed by atoms with E-state index in [1.807, 2.05) is 29.0 Å². The van der Waals surface area contributed by atoms with E-state index in [0.717, 1.165) is 23.2 Å². The number of hydrogen-bond donors (Lipinski definition) is 2. The lowest BCUT2D eigenvalue weighted by Gasteiger charge is -2.11. The molecule has 26 heavy (non-hydrogen) atoms. The summed E-state index contributed by atoms with van der Waals surface area (Å²) in [4.78, 5) is 16.1. The number of fused-ring (bicyclic) bond motifs is 1. The summed E-state index contributed by atoms with van der Waals surface area (Å²) in [6.45, 7) is 1.06. The van der Waals surface area contributed by atoms with E-state index in [4.69, 9.17) is 0 Å². The highest BCUT2D eigenvalue weighted by Gasteiger charge is 2.30. The van der Waals surface area contributed by atoms with Crippen LogP contribution in [0.2, 0.25) is 0 Å². The first kappa shape index (κ1) is 17.8. The van der Waals surface area contributed by atoms with Gasteiger partial charge >= 0.3 is 12.2 Å². The molecule has 0 aliphatic rings. The van der Waals surface area contributed by atoms with Gasteiger partial charge in [-0.2, -0.15) is 13.2 Å². The first-order valence-electron chi connectivity index (χ1n) is 8.05. The Bertz CT molecular complexity index is 905. The van der Waals surface area contributed by atoms with Crippen LogP contribution in [0.1, 0.15) is 12.0 Å². The van der Waals surface area contributed by atoms with Gasteiger partial charge in [0.2, 0.25) is 0 Å². The quantitative estimate of drug-likeness (QED) is 0.666. The maximum Gasteiger partial charge on any atom is 0.416 e. The first-order chi connectivity index (χ1) is 12.4. The van der Waals surface area contributed by atoms with E-state index in [-0.39, 0.29) is 5.69 Å². The van der Waals surface area contributed by atoms with Gasteiger partial charge in [0.15, 0.2) is 0 Å². The molecule has 0 spiro atoms. The topological polar surface area (TPSA) is 59.0 Å². The number of nitrogens with zero attached hydrogens (tertiary/aromatic N) is 2. The molecule has 0 saturated carbocycles. The monoisotopic (exact) mass is 362 g/mol. The Labute approximate surface area is 147 Å². The molecule has 0 fully saturated rings. The number of carbonyl (C=O) groups is 1. The maximum atomic E-state index is 12.7. The zero-order valence-electron chi connectivity index (χ0n) is 13.8. The molecule has 0 bridgehead atoms. The number of aromatic nitrogens is 2. The van der Waals surface area contributed by atoms with Crippen LogP contribution in [-0.2, 0) is 12.7 Å². The maximum absolute atomic E-state index is 12.7. The van der Waals surface area contributed by atoms with Crippen LogP contribution in [0.5, 0.6) is 0 Å². The van der Waals surface area contributed by atoms with Gasteiger partial charge in [-0.05, 0) is 42.8 Å². The lowest BCUT2D eigenvalue weighted by molar-refractivity contribution is -0.137. The van der Waals surface area contributed by atoms with Crippen molar-refractivity contribution in [3.05, 3.63) is 60.4 Å². The van der Waals surface area contributed by atoms with Crippen molar-refractivity contribution in [2.45, 2.75) is 19.1 Å².